The Bertz CT molecular complexity index is 202. The molecule has 1 aliphatic carbocycles. The van der Waals surface area contributed by atoms with Gasteiger partial charge in [-0.2, -0.15) is 0 Å². The molecule has 1 amide bonds. The van der Waals surface area contributed by atoms with Gasteiger partial charge in [-0.15, -0.1) is 0 Å². The molecule has 0 spiro atoms. The van der Waals surface area contributed by atoms with E-state index in [1.165, 1.54) is 12.8 Å². The van der Waals surface area contributed by atoms with Gasteiger partial charge >= 0.3 is 0 Å². The number of nitrogens with one attached hydrogen (secondary N) is 2. The molecule has 1 rings (SSSR count). The highest BCUT2D eigenvalue weighted by Crippen LogP contribution is 2.27. The van der Waals surface area contributed by atoms with Crippen LogP contribution in [0.1, 0.15) is 25.7 Å². The molecule has 0 radical (unpaired) electrons. The van der Waals surface area contributed by atoms with Crippen LogP contribution in [0.3, 0.4) is 0 Å². The Morgan fingerprint density at radius 3 is 2.69 bits per heavy atom. The lowest BCUT2D eigenvalue weighted by molar-refractivity contribution is -0.120. The minimum Gasteiger partial charge on any atom is -0.355 e. The van der Waals surface area contributed by atoms with Crippen LogP contribution in [-0.4, -0.2) is 51.1 Å². The molecule has 0 heterocycles. The Balaban J connectivity index is 1.81. The first-order valence-electron chi connectivity index (χ1n) is 6.30. The van der Waals surface area contributed by atoms with Gasteiger partial charge in [0.2, 0.25) is 5.91 Å². The lowest BCUT2D eigenvalue weighted by Gasteiger charge is -2.09. The third kappa shape index (κ3) is 7.65. The van der Waals surface area contributed by atoms with E-state index < -0.39 is 0 Å². The maximum Gasteiger partial charge on any atom is 0.233 e. The molecule has 16 heavy (non-hydrogen) atoms. The van der Waals surface area contributed by atoms with Crippen molar-refractivity contribution in [3.63, 3.8) is 0 Å². The Morgan fingerprint density at radius 2 is 2.06 bits per heavy atom. The SMILES string of the molecule is CN(C)CCCCNC(=O)CNCC1CC1. The number of carbonyl (C=O) groups is 1. The van der Waals surface area contributed by atoms with Gasteiger partial charge in [-0.3, -0.25) is 4.79 Å². The zero-order valence-corrected chi connectivity index (χ0v) is 10.6. The molecular weight excluding hydrogens is 202 g/mol. The van der Waals surface area contributed by atoms with Crippen molar-refractivity contribution in [2.45, 2.75) is 25.7 Å². The third-order valence-electron chi connectivity index (χ3n) is 2.77. The topological polar surface area (TPSA) is 44.4 Å². The van der Waals surface area contributed by atoms with Crippen molar-refractivity contribution in [3.8, 4) is 0 Å². The number of carbonyl (C=O) groups excluding carboxylic acids is 1. The van der Waals surface area contributed by atoms with Crippen molar-refractivity contribution in [2.24, 2.45) is 5.92 Å². The Kier molecular flexibility index (Phi) is 6.42. The van der Waals surface area contributed by atoms with E-state index in [1.807, 2.05) is 0 Å². The summed E-state index contributed by atoms with van der Waals surface area (Å²) < 4.78 is 0. The van der Waals surface area contributed by atoms with E-state index in [0.717, 1.165) is 38.4 Å². The molecule has 0 aliphatic heterocycles. The summed E-state index contributed by atoms with van der Waals surface area (Å²) in [6.45, 7) is 3.38. The lowest BCUT2D eigenvalue weighted by Crippen LogP contribution is -2.35. The minimum absolute atomic E-state index is 0.130. The van der Waals surface area contributed by atoms with Crippen LogP contribution in [0.4, 0.5) is 0 Å². The number of hydrogen-bond donors (Lipinski definition) is 2. The van der Waals surface area contributed by atoms with Gasteiger partial charge in [0.1, 0.15) is 0 Å². The third-order valence-corrected chi connectivity index (χ3v) is 2.77. The van der Waals surface area contributed by atoms with Crippen LogP contribution in [-0.2, 0) is 4.79 Å². The van der Waals surface area contributed by atoms with Crippen molar-refractivity contribution < 1.29 is 4.79 Å². The molecule has 4 heteroatoms. The molecule has 94 valence electrons. The van der Waals surface area contributed by atoms with Gasteiger partial charge in [0.05, 0.1) is 6.54 Å². The highest BCUT2D eigenvalue weighted by Gasteiger charge is 2.20. The number of hydrogen-bond acceptors (Lipinski definition) is 3. The first kappa shape index (κ1) is 13.5. The van der Waals surface area contributed by atoms with E-state index in [-0.39, 0.29) is 5.91 Å². The quantitative estimate of drug-likeness (QED) is 0.562. The number of rotatable bonds is 9. The van der Waals surface area contributed by atoms with Gasteiger partial charge in [-0.05, 0) is 58.8 Å². The number of amides is 1. The number of unbranched alkanes of at least 4 members (excludes halogenated alkanes) is 1. The van der Waals surface area contributed by atoms with Crippen molar-refractivity contribution in [3.05, 3.63) is 0 Å². The van der Waals surface area contributed by atoms with Gasteiger partial charge in [0.25, 0.3) is 0 Å². The zero-order valence-electron chi connectivity index (χ0n) is 10.6. The summed E-state index contributed by atoms with van der Waals surface area (Å²) in [6, 6.07) is 0. The molecule has 0 atom stereocenters. The highest BCUT2D eigenvalue weighted by molar-refractivity contribution is 5.77. The first-order valence-corrected chi connectivity index (χ1v) is 6.30. The minimum atomic E-state index is 0.130. The van der Waals surface area contributed by atoms with Crippen LogP contribution in [0.25, 0.3) is 0 Å². The second-order valence-electron chi connectivity index (χ2n) is 4.93. The molecule has 1 saturated carbocycles. The van der Waals surface area contributed by atoms with E-state index in [0.29, 0.717) is 6.54 Å². The molecule has 0 aromatic heterocycles. The van der Waals surface area contributed by atoms with Crippen LogP contribution in [0.5, 0.6) is 0 Å². The fourth-order valence-electron chi connectivity index (χ4n) is 1.56. The summed E-state index contributed by atoms with van der Waals surface area (Å²) in [5, 5.41) is 6.12. The van der Waals surface area contributed by atoms with Crippen LogP contribution in [0.15, 0.2) is 0 Å². The van der Waals surface area contributed by atoms with E-state index in [2.05, 4.69) is 29.6 Å². The van der Waals surface area contributed by atoms with E-state index >= 15 is 0 Å². The summed E-state index contributed by atoms with van der Waals surface area (Å²) >= 11 is 0. The molecule has 0 aromatic carbocycles. The van der Waals surface area contributed by atoms with E-state index in [9.17, 15) is 4.79 Å². The monoisotopic (exact) mass is 227 g/mol. The molecule has 1 fully saturated rings. The van der Waals surface area contributed by atoms with Crippen molar-refractivity contribution in [1.29, 1.82) is 0 Å². The second kappa shape index (κ2) is 7.63. The summed E-state index contributed by atoms with van der Waals surface area (Å²) in [4.78, 5) is 13.5. The van der Waals surface area contributed by atoms with E-state index in [4.69, 9.17) is 0 Å². The van der Waals surface area contributed by atoms with E-state index in [1.54, 1.807) is 0 Å². The smallest absolute Gasteiger partial charge is 0.233 e. The molecule has 0 aromatic rings. The second-order valence-corrected chi connectivity index (χ2v) is 4.93. The number of nitrogens with zero attached hydrogens (tertiary/aromatic N) is 1. The Labute approximate surface area is 98.8 Å². The predicted octanol–water partition coefficient (Wildman–Crippen LogP) is 0.444. The fourth-order valence-corrected chi connectivity index (χ4v) is 1.56. The zero-order chi connectivity index (χ0) is 11.8. The lowest BCUT2D eigenvalue weighted by atomic mass is 10.3. The van der Waals surface area contributed by atoms with Crippen LogP contribution < -0.4 is 10.6 Å². The fraction of sp³-hybridized carbons (Fsp3) is 0.917. The van der Waals surface area contributed by atoms with Crippen LogP contribution >= 0.6 is 0 Å². The molecular formula is C12H25N3O. The molecule has 4 nitrogen and oxygen atoms in total. The summed E-state index contributed by atoms with van der Waals surface area (Å²) in [7, 11) is 4.14. The normalized spacial score (nSPS) is 15.4. The summed E-state index contributed by atoms with van der Waals surface area (Å²) in [5.41, 5.74) is 0. The molecule has 2 N–H and O–H groups in total. The molecule has 1 aliphatic rings. The van der Waals surface area contributed by atoms with Gasteiger partial charge in [-0.25, -0.2) is 0 Å². The summed E-state index contributed by atoms with van der Waals surface area (Å²) in [5.74, 6) is 0.971. The summed E-state index contributed by atoms with van der Waals surface area (Å²) in [6.07, 6.45) is 4.87. The average Bonchev–Trinajstić information content (AvgIpc) is 3.00. The van der Waals surface area contributed by atoms with Crippen LogP contribution in [0.2, 0.25) is 0 Å². The van der Waals surface area contributed by atoms with Gasteiger partial charge in [0, 0.05) is 6.54 Å². The maximum atomic E-state index is 11.4. The highest BCUT2D eigenvalue weighted by atomic mass is 16.1. The predicted molar refractivity (Wildman–Crippen MR) is 66.4 cm³/mol. The van der Waals surface area contributed by atoms with Crippen LogP contribution in [0, 0.1) is 5.92 Å². The van der Waals surface area contributed by atoms with Crippen molar-refractivity contribution >= 4 is 5.91 Å². The van der Waals surface area contributed by atoms with Crippen molar-refractivity contribution in [1.82, 2.24) is 15.5 Å². The maximum absolute atomic E-state index is 11.4. The Hall–Kier alpha value is -0.610. The largest absolute Gasteiger partial charge is 0.355 e. The standard InChI is InChI=1S/C12H25N3O/c1-15(2)8-4-3-7-14-12(16)10-13-9-11-5-6-11/h11,13H,3-10H2,1-2H3,(H,14,16). The average molecular weight is 227 g/mol. The van der Waals surface area contributed by atoms with Gasteiger partial charge in [-0.1, -0.05) is 0 Å². The van der Waals surface area contributed by atoms with Gasteiger partial charge < -0.3 is 15.5 Å². The molecule has 0 unspecified atom stereocenters. The molecule has 0 bridgehead atoms. The van der Waals surface area contributed by atoms with Gasteiger partial charge in [0.15, 0.2) is 0 Å². The molecule has 0 saturated heterocycles. The Morgan fingerprint density at radius 1 is 1.31 bits per heavy atom. The first-order chi connectivity index (χ1) is 7.68. The van der Waals surface area contributed by atoms with Crippen molar-refractivity contribution in [2.75, 3.05) is 40.3 Å².